The lowest BCUT2D eigenvalue weighted by Crippen LogP contribution is -2.45. The lowest BCUT2D eigenvalue weighted by atomic mass is 9.67. The molecule has 0 N–H and O–H groups in total. The van der Waals surface area contributed by atoms with Gasteiger partial charge in [-0.2, -0.15) is 0 Å². The first kappa shape index (κ1) is 23.1. The van der Waals surface area contributed by atoms with Crippen molar-refractivity contribution in [3.8, 4) is 11.5 Å². The smallest absolute Gasteiger partial charge is 0.238 e. The zero-order valence-electron chi connectivity index (χ0n) is 20.6. The molecule has 7 heteroatoms. The van der Waals surface area contributed by atoms with Crippen molar-refractivity contribution in [3.63, 3.8) is 0 Å². The SMILES string of the molecule is C[C@@H]1CC[C@H](C(=O)N2CCC[C@@H]2c2ccc3c(c2)OCCCO3)[C@H]2C(=O)N(c3ccccc3)C(=O)[C@@H]21. The number of ether oxygens (including phenoxy) is 2. The summed E-state index contributed by atoms with van der Waals surface area (Å²) >= 11 is 0. The summed E-state index contributed by atoms with van der Waals surface area (Å²) in [5, 5.41) is 0. The Morgan fingerprint density at radius 1 is 0.861 bits per heavy atom. The Bertz CT molecular complexity index is 1180. The van der Waals surface area contributed by atoms with Gasteiger partial charge in [0, 0.05) is 13.0 Å². The van der Waals surface area contributed by atoms with E-state index in [0.29, 0.717) is 31.9 Å². The first-order valence-electron chi connectivity index (χ1n) is 13.2. The summed E-state index contributed by atoms with van der Waals surface area (Å²) in [6.07, 6.45) is 4.01. The van der Waals surface area contributed by atoms with Crippen molar-refractivity contribution in [2.75, 3.05) is 24.7 Å². The van der Waals surface area contributed by atoms with E-state index in [1.165, 1.54) is 4.90 Å². The van der Waals surface area contributed by atoms with Gasteiger partial charge in [-0.25, -0.2) is 0 Å². The minimum absolute atomic E-state index is 0.00238. The van der Waals surface area contributed by atoms with E-state index in [1.54, 1.807) is 12.1 Å². The summed E-state index contributed by atoms with van der Waals surface area (Å²) in [5.41, 5.74) is 1.62. The van der Waals surface area contributed by atoms with E-state index in [-0.39, 0.29) is 29.7 Å². The van der Waals surface area contributed by atoms with E-state index >= 15 is 0 Å². The quantitative estimate of drug-likeness (QED) is 0.600. The van der Waals surface area contributed by atoms with Gasteiger partial charge in [-0.3, -0.25) is 19.3 Å². The molecule has 188 valence electrons. The van der Waals surface area contributed by atoms with Crippen LogP contribution in [0.4, 0.5) is 5.69 Å². The van der Waals surface area contributed by atoms with Crippen LogP contribution in [0.5, 0.6) is 11.5 Å². The van der Waals surface area contributed by atoms with Crippen molar-refractivity contribution in [1.82, 2.24) is 4.90 Å². The number of anilines is 1. The highest BCUT2D eigenvalue weighted by Gasteiger charge is 2.57. The Balaban J connectivity index is 1.28. The fourth-order valence-electron chi connectivity index (χ4n) is 6.62. The third-order valence-corrected chi connectivity index (χ3v) is 8.40. The monoisotopic (exact) mass is 488 g/mol. The first-order valence-corrected chi connectivity index (χ1v) is 13.2. The van der Waals surface area contributed by atoms with E-state index < -0.39 is 17.8 Å². The van der Waals surface area contributed by atoms with E-state index in [0.717, 1.165) is 42.7 Å². The number of para-hydroxylation sites is 1. The van der Waals surface area contributed by atoms with Crippen LogP contribution >= 0.6 is 0 Å². The molecule has 0 unspecified atom stereocenters. The topological polar surface area (TPSA) is 76.2 Å². The van der Waals surface area contributed by atoms with Gasteiger partial charge in [0.15, 0.2) is 11.5 Å². The second-order valence-electron chi connectivity index (χ2n) is 10.5. The molecule has 0 spiro atoms. The number of benzene rings is 2. The Hall–Kier alpha value is -3.35. The normalized spacial score (nSPS) is 29.8. The molecular formula is C29H32N2O5. The molecule has 7 nitrogen and oxygen atoms in total. The number of nitrogens with zero attached hydrogens (tertiary/aromatic N) is 2. The zero-order chi connectivity index (χ0) is 24.8. The molecule has 5 atom stereocenters. The number of carbonyl (C=O) groups excluding carboxylic acids is 3. The largest absolute Gasteiger partial charge is 0.490 e. The van der Waals surface area contributed by atoms with Gasteiger partial charge in [0.2, 0.25) is 17.7 Å². The summed E-state index contributed by atoms with van der Waals surface area (Å²) < 4.78 is 11.7. The highest BCUT2D eigenvalue weighted by molar-refractivity contribution is 6.23. The lowest BCUT2D eigenvalue weighted by Gasteiger charge is -2.37. The molecule has 3 fully saturated rings. The fourth-order valence-corrected chi connectivity index (χ4v) is 6.62. The molecule has 36 heavy (non-hydrogen) atoms. The maximum absolute atomic E-state index is 14.1. The molecular weight excluding hydrogens is 456 g/mol. The minimum Gasteiger partial charge on any atom is -0.490 e. The maximum atomic E-state index is 14.1. The fraction of sp³-hybridized carbons (Fsp3) is 0.483. The minimum atomic E-state index is -0.598. The molecule has 3 heterocycles. The van der Waals surface area contributed by atoms with Crippen molar-refractivity contribution >= 4 is 23.4 Å². The van der Waals surface area contributed by atoms with Crippen LogP contribution < -0.4 is 14.4 Å². The van der Waals surface area contributed by atoms with Crippen LogP contribution in [0.25, 0.3) is 0 Å². The molecule has 0 bridgehead atoms. The Labute approximate surface area is 211 Å². The third kappa shape index (κ3) is 3.76. The summed E-state index contributed by atoms with van der Waals surface area (Å²) in [6, 6.07) is 15.0. The second-order valence-corrected chi connectivity index (χ2v) is 10.5. The lowest BCUT2D eigenvalue weighted by molar-refractivity contribution is -0.145. The standard InChI is InChI=1S/C29H32N2O5/c1-18-10-12-21(26-25(18)28(33)31(29(26)34)20-7-3-2-4-8-20)27(32)30-14-5-9-22(30)19-11-13-23-24(17-19)36-16-6-15-35-23/h2-4,7-8,11,13,17-18,21-22,25-26H,5-6,9-10,12,14-16H2,1H3/t18-,21+,22-,25-,26-/m1/s1. The summed E-state index contributed by atoms with van der Waals surface area (Å²) in [5.74, 6) is -0.369. The van der Waals surface area contributed by atoms with Crippen LogP contribution in [0.3, 0.4) is 0 Å². The molecule has 0 radical (unpaired) electrons. The molecule has 3 aliphatic heterocycles. The molecule has 2 saturated heterocycles. The van der Waals surface area contributed by atoms with Crippen LogP contribution in [-0.4, -0.2) is 42.4 Å². The molecule has 4 aliphatic rings. The Morgan fingerprint density at radius 2 is 1.61 bits per heavy atom. The molecule has 6 rings (SSSR count). The van der Waals surface area contributed by atoms with Gasteiger partial charge in [0.1, 0.15) is 0 Å². The average molecular weight is 489 g/mol. The van der Waals surface area contributed by atoms with Gasteiger partial charge in [0.05, 0.1) is 42.7 Å². The second kappa shape index (κ2) is 9.26. The summed E-state index contributed by atoms with van der Waals surface area (Å²) in [6.45, 7) is 3.94. The number of carbonyl (C=O) groups is 3. The number of amides is 3. The van der Waals surface area contributed by atoms with Crippen LogP contribution in [0.2, 0.25) is 0 Å². The Morgan fingerprint density at radius 3 is 2.42 bits per heavy atom. The molecule has 2 aromatic carbocycles. The van der Waals surface area contributed by atoms with Gasteiger partial charge >= 0.3 is 0 Å². The highest BCUT2D eigenvalue weighted by atomic mass is 16.5. The molecule has 0 aromatic heterocycles. The maximum Gasteiger partial charge on any atom is 0.238 e. The zero-order valence-corrected chi connectivity index (χ0v) is 20.6. The number of imide groups is 1. The van der Waals surface area contributed by atoms with E-state index in [4.69, 9.17) is 9.47 Å². The molecule has 1 aliphatic carbocycles. The third-order valence-electron chi connectivity index (χ3n) is 8.40. The van der Waals surface area contributed by atoms with Crippen molar-refractivity contribution < 1.29 is 23.9 Å². The Kier molecular flexibility index (Phi) is 5.94. The van der Waals surface area contributed by atoms with Crippen molar-refractivity contribution in [2.24, 2.45) is 23.7 Å². The van der Waals surface area contributed by atoms with Crippen LogP contribution in [-0.2, 0) is 14.4 Å². The van der Waals surface area contributed by atoms with Gasteiger partial charge in [-0.05, 0) is 61.4 Å². The van der Waals surface area contributed by atoms with E-state index in [2.05, 4.69) is 0 Å². The van der Waals surface area contributed by atoms with Gasteiger partial charge < -0.3 is 14.4 Å². The van der Waals surface area contributed by atoms with E-state index in [1.807, 2.05) is 48.2 Å². The number of rotatable bonds is 3. The molecule has 1 saturated carbocycles. The molecule has 2 aromatic rings. The predicted molar refractivity (Wildman–Crippen MR) is 134 cm³/mol. The van der Waals surface area contributed by atoms with Crippen molar-refractivity contribution in [1.29, 1.82) is 0 Å². The van der Waals surface area contributed by atoms with Gasteiger partial charge in [-0.1, -0.05) is 31.2 Å². The van der Waals surface area contributed by atoms with Crippen molar-refractivity contribution in [2.45, 2.75) is 45.1 Å². The number of hydrogen-bond acceptors (Lipinski definition) is 5. The first-order chi connectivity index (χ1) is 17.5. The van der Waals surface area contributed by atoms with Crippen LogP contribution in [0, 0.1) is 23.7 Å². The number of fused-ring (bicyclic) bond motifs is 2. The van der Waals surface area contributed by atoms with Gasteiger partial charge in [0.25, 0.3) is 0 Å². The van der Waals surface area contributed by atoms with E-state index in [9.17, 15) is 14.4 Å². The number of hydrogen-bond donors (Lipinski definition) is 0. The van der Waals surface area contributed by atoms with Crippen molar-refractivity contribution in [3.05, 3.63) is 54.1 Å². The summed E-state index contributed by atoms with van der Waals surface area (Å²) in [4.78, 5) is 44.5. The van der Waals surface area contributed by atoms with Crippen LogP contribution in [0.15, 0.2) is 48.5 Å². The van der Waals surface area contributed by atoms with Gasteiger partial charge in [-0.15, -0.1) is 0 Å². The number of likely N-dealkylation sites (tertiary alicyclic amines) is 1. The average Bonchev–Trinajstić information content (AvgIpc) is 3.39. The summed E-state index contributed by atoms with van der Waals surface area (Å²) in [7, 11) is 0. The highest BCUT2D eigenvalue weighted by Crippen LogP contribution is 2.48. The predicted octanol–water partition coefficient (Wildman–Crippen LogP) is 4.36. The molecule has 3 amide bonds. The van der Waals surface area contributed by atoms with Crippen LogP contribution in [0.1, 0.15) is 50.6 Å².